The minimum absolute atomic E-state index is 0.0904. The summed E-state index contributed by atoms with van der Waals surface area (Å²) in [5.74, 6) is 0.729. The molecule has 0 fully saturated rings. The van der Waals surface area contributed by atoms with Gasteiger partial charge in [-0.05, 0) is 18.1 Å². The Kier molecular flexibility index (Phi) is 3.46. The Labute approximate surface area is 99.9 Å². The van der Waals surface area contributed by atoms with Crippen molar-refractivity contribution in [1.82, 2.24) is 0 Å². The first kappa shape index (κ1) is 11.7. The maximum absolute atomic E-state index is 8.96. The summed E-state index contributed by atoms with van der Waals surface area (Å²) in [5, 5.41) is 8.96. The van der Waals surface area contributed by atoms with E-state index in [1.165, 1.54) is 0 Å². The van der Waals surface area contributed by atoms with Crippen molar-refractivity contribution in [3.63, 3.8) is 0 Å². The second kappa shape index (κ2) is 5.03. The molecule has 0 aliphatic rings. The number of aliphatic hydroxyl groups is 1. The molecular weight excluding hydrogens is 216 g/mol. The first-order chi connectivity index (χ1) is 8.26. The Balaban J connectivity index is 2.41. The molecule has 0 aliphatic carbocycles. The molecule has 0 saturated heterocycles. The molecule has 2 rings (SSSR count). The maximum Gasteiger partial charge on any atom is 0.117 e. The molecule has 1 heterocycles. The molecule has 4 nitrogen and oxygen atoms in total. The molecule has 0 bridgehead atoms. The van der Waals surface area contributed by atoms with Gasteiger partial charge in [0.1, 0.15) is 5.76 Å². The van der Waals surface area contributed by atoms with Crippen LogP contribution in [0.1, 0.15) is 11.3 Å². The third-order valence-corrected chi connectivity index (χ3v) is 2.74. The van der Waals surface area contributed by atoms with Crippen LogP contribution in [0.25, 0.3) is 11.1 Å². The van der Waals surface area contributed by atoms with Crippen LogP contribution in [0, 0.1) is 0 Å². The number of furan rings is 1. The molecule has 0 aliphatic heterocycles. The average Bonchev–Trinajstić information content (AvgIpc) is 2.80. The van der Waals surface area contributed by atoms with Crippen LogP contribution in [0.5, 0.6) is 0 Å². The number of aliphatic hydroxyl groups excluding tert-OH is 1. The molecule has 0 unspecified atom stereocenters. The average molecular weight is 232 g/mol. The van der Waals surface area contributed by atoms with Crippen LogP contribution < -0.4 is 11.5 Å². The largest absolute Gasteiger partial charge is 0.467 e. The third-order valence-electron chi connectivity index (χ3n) is 2.74. The van der Waals surface area contributed by atoms with E-state index < -0.39 is 0 Å². The zero-order chi connectivity index (χ0) is 12.3. The lowest BCUT2D eigenvalue weighted by Gasteiger charge is -2.08. The second-order valence-corrected chi connectivity index (χ2v) is 3.86. The lowest BCUT2D eigenvalue weighted by Crippen LogP contribution is -1.99. The van der Waals surface area contributed by atoms with Crippen LogP contribution in [-0.4, -0.2) is 11.7 Å². The van der Waals surface area contributed by atoms with Crippen molar-refractivity contribution in [2.24, 2.45) is 5.73 Å². The van der Waals surface area contributed by atoms with E-state index in [2.05, 4.69) is 0 Å². The Morgan fingerprint density at radius 3 is 2.76 bits per heavy atom. The van der Waals surface area contributed by atoms with Gasteiger partial charge in [0.2, 0.25) is 0 Å². The lowest BCUT2D eigenvalue weighted by molar-refractivity contribution is 0.300. The van der Waals surface area contributed by atoms with Crippen molar-refractivity contribution >= 4 is 5.69 Å². The van der Waals surface area contributed by atoms with Crippen LogP contribution >= 0.6 is 0 Å². The molecule has 90 valence electrons. The molecule has 0 radical (unpaired) electrons. The first-order valence-electron chi connectivity index (χ1n) is 5.52. The number of anilines is 1. The summed E-state index contributed by atoms with van der Waals surface area (Å²) in [6, 6.07) is 7.65. The number of nitrogen functional groups attached to an aromatic ring is 1. The van der Waals surface area contributed by atoms with Gasteiger partial charge in [-0.2, -0.15) is 0 Å². The van der Waals surface area contributed by atoms with Crippen LogP contribution in [0.3, 0.4) is 0 Å². The fourth-order valence-corrected chi connectivity index (χ4v) is 1.83. The Morgan fingerprint density at radius 2 is 2.12 bits per heavy atom. The summed E-state index contributed by atoms with van der Waals surface area (Å²) >= 11 is 0. The summed E-state index contributed by atoms with van der Waals surface area (Å²) in [5.41, 5.74) is 15.0. The highest BCUT2D eigenvalue weighted by Crippen LogP contribution is 2.30. The van der Waals surface area contributed by atoms with Gasteiger partial charge in [0.05, 0.1) is 12.8 Å². The highest BCUT2D eigenvalue weighted by molar-refractivity contribution is 5.78. The molecule has 4 heteroatoms. The molecule has 1 aromatic carbocycles. The predicted octanol–water partition coefficient (Wildman–Crippen LogP) is 1.52. The van der Waals surface area contributed by atoms with Gasteiger partial charge in [-0.3, -0.25) is 0 Å². The fourth-order valence-electron chi connectivity index (χ4n) is 1.83. The van der Waals surface area contributed by atoms with Gasteiger partial charge < -0.3 is 21.0 Å². The van der Waals surface area contributed by atoms with Gasteiger partial charge in [0, 0.05) is 23.4 Å². The van der Waals surface area contributed by atoms with E-state index in [1.807, 2.05) is 24.3 Å². The van der Waals surface area contributed by atoms with E-state index in [4.69, 9.17) is 21.0 Å². The number of benzene rings is 1. The van der Waals surface area contributed by atoms with E-state index in [1.54, 1.807) is 6.26 Å². The molecule has 2 aromatic rings. The smallest absolute Gasteiger partial charge is 0.117 e. The SMILES string of the molecule is NCc1cc(-c2cccc(CCO)c2N)co1. The van der Waals surface area contributed by atoms with Gasteiger partial charge in [-0.25, -0.2) is 0 Å². The minimum atomic E-state index is 0.0904. The number of para-hydroxylation sites is 1. The minimum Gasteiger partial charge on any atom is -0.467 e. The molecule has 17 heavy (non-hydrogen) atoms. The Bertz CT molecular complexity index is 506. The second-order valence-electron chi connectivity index (χ2n) is 3.86. The van der Waals surface area contributed by atoms with Crippen molar-refractivity contribution in [1.29, 1.82) is 0 Å². The highest BCUT2D eigenvalue weighted by atomic mass is 16.3. The van der Waals surface area contributed by atoms with Crippen LogP contribution in [0.4, 0.5) is 5.69 Å². The van der Waals surface area contributed by atoms with E-state index in [9.17, 15) is 0 Å². The van der Waals surface area contributed by atoms with Crippen LogP contribution in [0.15, 0.2) is 34.9 Å². The van der Waals surface area contributed by atoms with Gasteiger partial charge in [-0.1, -0.05) is 18.2 Å². The zero-order valence-corrected chi connectivity index (χ0v) is 9.52. The van der Waals surface area contributed by atoms with Gasteiger partial charge in [0.15, 0.2) is 0 Å². The monoisotopic (exact) mass is 232 g/mol. The summed E-state index contributed by atoms with van der Waals surface area (Å²) in [4.78, 5) is 0. The van der Waals surface area contributed by atoms with E-state index in [-0.39, 0.29) is 6.61 Å². The molecule has 0 spiro atoms. The molecule has 1 aromatic heterocycles. The molecule has 5 N–H and O–H groups in total. The summed E-state index contributed by atoms with van der Waals surface area (Å²) in [6.45, 7) is 0.462. The summed E-state index contributed by atoms with van der Waals surface area (Å²) < 4.78 is 5.29. The van der Waals surface area contributed by atoms with Crippen LogP contribution in [0.2, 0.25) is 0 Å². The zero-order valence-electron chi connectivity index (χ0n) is 9.52. The molecule has 0 amide bonds. The molecule has 0 atom stereocenters. The summed E-state index contributed by atoms with van der Waals surface area (Å²) in [7, 11) is 0. The molecular formula is C13H16N2O2. The maximum atomic E-state index is 8.96. The number of hydrogen-bond donors (Lipinski definition) is 3. The number of rotatable bonds is 4. The van der Waals surface area contributed by atoms with E-state index >= 15 is 0 Å². The molecule has 0 saturated carbocycles. The fraction of sp³-hybridized carbons (Fsp3) is 0.231. The quantitative estimate of drug-likeness (QED) is 0.698. The van der Waals surface area contributed by atoms with E-state index in [0.29, 0.717) is 18.7 Å². The Hall–Kier alpha value is -1.78. The van der Waals surface area contributed by atoms with Crippen molar-refractivity contribution < 1.29 is 9.52 Å². The normalized spacial score (nSPS) is 10.7. The van der Waals surface area contributed by atoms with Crippen molar-refractivity contribution in [3.05, 3.63) is 41.9 Å². The van der Waals surface area contributed by atoms with Gasteiger partial charge in [0.25, 0.3) is 0 Å². The predicted molar refractivity (Wildman–Crippen MR) is 67.2 cm³/mol. The lowest BCUT2D eigenvalue weighted by atomic mass is 10.0. The topological polar surface area (TPSA) is 85.4 Å². The van der Waals surface area contributed by atoms with Gasteiger partial charge in [-0.15, -0.1) is 0 Å². The van der Waals surface area contributed by atoms with Crippen molar-refractivity contribution in [2.45, 2.75) is 13.0 Å². The number of nitrogens with two attached hydrogens (primary N) is 2. The van der Waals surface area contributed by atoms with Gasteiger partial charge >= 0.3 is 0 Å². The Morgan fingerprint density at radius 1 is 1.29 bits per heavy atom. The highest BCUT2D eigenvalue weighted by Gasteiger charge is 2.09. The first-order valence-corrected chi connectivity index (χ1v) is 5.52. The van der Waals surface area contributed by atoms with Crippen molar-refractivity contribution in [3.8, 4) is 11.1 Å². The third kappa shape index (κ3) is 2.33. The van der Waals surface area contributed by atoms with E-state index in [0.717, 1.165) is 22.5 Å². The van der Waals surface area contributed by atoms with Crippen LogP contribution in [-0.2, 0) is 13.0 Å². The number of hydrogen-bond acceptors (Lipinski definition) is 4. The van der Waals surface area contributed by atoms with Crippen molar-refractivity contribution in [2.75, 3.05) is 12.3 Å². The summed E-state index contributed by atoms with van der Waals surface area (Å²) in [6.07, 6.45) is 2.21. The standard InChI is InChI=1S/C13H16N2O2/c14-7-11-6-10(8-17-11)12-3-1-2-9(4-5-16)13(12)15/h1-3,6,8,16H,4-5,7,14-15H2.